The normalized spacial score (nSPS) is 13.1. The maximum Gasteiger partial charge on any atom is 0.309 e. The second-order valence-electron chi connectivity index (χ2n) is 16.3. The molecule has 0 spiro atoms. The molecule has 0 aliphatic rings. The van der Waals surface area contributed by atoms with Gasteiger partial charge in [-0.25, -0.2) is 0 Å². The van der Waals surface area contributed by atoms with E-state index in [1.165, 1.54) is 89.9 Å². The lowest BCUT2D eigenvalue weighted by Gasteiger charge is -2.18. The van der Waals surface area contributed by atoms with E-state index >= 15 is 0 Å². The van der Waals surface area contributed by atoms with Crippen LogP contribution in [0.5, 0.6) is 0 Å². The van der Waals surface area contributed by atoms with Gasteiger partial charge < -0.3 is 14.2 Å². The van der Waals surface area contributed by atoms with E-state index in [0.29, 0.717) is 13.0 Å². The van der Waals surface area contributed by atoms with Crippen molar-refractivity contribution in [1.29, 1.82) is 0 Å². The third-order valence-electron chi connectivity index (χ3n) is 10.3. The summed E-state index contributed by atoms with van der Waals surface area (Å²) in [6, 6.07) is 0. The highest BCUT2D eigenvalue weighted by atomic mass is 16.6. The summed E-state index contributed by atoms with van der Waals surface area (Å²) in [7, 11) is 0. The van der Waals surface area contributed by atoms with Gasteiger partial charge in [0.25, 0.3) is 0 Å². The van der Waals surface area contributed by atoms with Crippen LogP contribution in [-0.2, 0) is 23.8 Å². The van der Waals surface area contributed by atoms with Crippen molar-refractivity contribution in [3.8, 4) is 0 Å². The van der Waals surface area contributed by atoms with Crippen LogP contribution in [-0.4, -0.2) is 37.9 Å². The van der Waals surface area contributed by atoms with Crippen molar-refractivity contribution in [2.24, 2.45) is 0 Å². The highest BCUT2D eigenvalue weighted by Crippen LogP contribution is 2.12. The van der Waals surface area contributed by atoms with Crippen LogP contribution in [0.3, 0.4) is 0 Å². The molecule has 0 aliphatic carbocycles. The highest BCUT2D eigenvalue weighted by Gasteiger charge is 2.17. The van der Waals surface area contributed by atoms with Crippen LogP contribution in [0.4, 0.5) is 0 Å². The van der Waals surface area contributed by atoms with Gasteiger partial charge in [0.05, 0.1) is 13.0 Å². The third-order valence-corrected chi connectivity index (χ3v) is 10.3. The largest absolute Gasteiger partial charge is 0.461 e. The molecule has 0 saturated carbocycles. The van der Waals surface area contributed by atoms with Crippen LogP contribution in [0.15, 0.2) is 109 Å². The van der Waals surface area contributed by atoms with Crippen molar-refractivity contribution >= 4 is 11.9 Å². The van der Waals surface area contributed by atoms with Gasteiger partial charge in [0.1, 0.15) is 6.61 Å². The summed E-state index contributed by atoms with van der Waals surface area (Å²) in [5, 5.41) is 0. The molecule has 0 aromatic carbocycles. The van der Waals surface area contributed by atoms with Crippen molar-refractivity contribution in [3.63, 3.8) is 0 Å². The van der Waals surface area contributed by atoms with E-state index < -0.39 is 6.10 Å². The number of allylic oxidation sites excluding steroid dienone is 17. The first-order valence-corrected chi connectivity index (χ1v) is 25.4. The van der Waals surface area contributed by atoms with Crippen LogP contribution < -0.4 is 0 Å². The summed E-state index contributed by atoms with van der Waals surface area (Å²) in [4.78, 5) is 25.3. The number of esters is 2. The van der Waals surface area contributed by atoms with Crippen LogP contribution in [0.1, 0.15) is 213 Å². The van der Waals surface area contributed by atoms with Crippen molar-refractivity contribution in [3.05, 3.63) is 109 Å². The maximum absolute atomic E-state index is 12.8. The van der Waals surface area contributed by atoms with Gasteiger partial charge in [-0.1, -0.05) is 201 Å². The molecule has 0 aromatic heterocycles. The van der Waals surface area contributed by atoms with Crippen LogP contribution in [0, 0.1) is 0 Å². The zero-order valence-corrected chi connectivity index (χ0v) is 40.3. The molecule has 1 unspecified atom stereocenters. The Morgan fingerprint density at radius 2 is 0.774 bits per heavy atom. The highest BCUT2D eigenvalue weighted by molar-refractivity contribution is 5.71. The van der Waals surface area contributed by atoms with Gasteiger partial charge in [-0.05, 0) is 109 Å². The topological polar surface area (TPSA) is 61.8 Å². The van der Waals surface area contributed by atoms with Crippen LogP contribution in [0.2, 0.25) is 0 Å². The second kappa shape index (κ2) is 51.9. The minimum Gasteiger partial charge on any atom is -0.461 e. The number of ether oxygens (including phenoxy) is 3. The number of carbonyl (C=O) groups excluding carboxylic acids is 2. The first-order valence-electron chi connectivity index (χ1n) is 25.4. The molecule has 0 radical (unpaired) electrons. The molecule has 0 saturated heterocycles. The molecule has 62 heavy (non-hydrogen) atoms. The monoisotopic (exact) mass is 859 g/mol. The Kier molecular flexibility index (Phi) is 49.0. The summed E-state index contributed by atoms with van der Waals surface area (Å²) in [6.07, 6.45) is 71.1. The van der Waals surface area contributed by atoms with Gasteiger partial charge in [-0.2, -0.15) is 0 Å². The number of hydrogen-bond acceptors (Lipinski definition) is 5. The molecule has 0 aromatic rings. The minimum atomic E-state index is -0.595. The molecule has 0 aliphatic heterocycles. The summed E-state index contributed by atoms with van der Waals surface area (Å²) in [5.74, 6) is -0.571. The first-order chi connectivity index (χ1) is 30.6. The summed E-state index contributed by atoms with van der Waals surface area (Å²) in [6.45, 7) is 7.51. The average Bonchev–Trinajstić information content (AvgIpc) is 3.27. The maximum atomic E-state index is 12.8. The fourth-order valence-corrected chi connectivity index (χ4v) is 6.52. The van der Waals surface area contributed by atoms with E-state index in [4.69, 9.17) is 14.2 Å². The number of unbranched alkanes of at least 4 members (excludes halogenated alkanes) is 17. The number of carbonyl (C=O) groups is 2. The van der Waals surface area contributed by atoms with E-state index in [1.54, 1.807) is 0 Å². The third kappa shape index (κ3) is 49.2. The Labute approximate surface area is 383 Å². The lowest BCUT2D eigenvalue weighted by atomic mass is 10.1. The predicted molar refractivity (Wildman–Crippen MR) is 269 cm³/mol. The summed E-state index contributed by atoms with van der Waals surface area (Å²) >= 11 is 0. The Morgan fingerprint density at radius 1 is 0.387 bits per heavy atom. The number of rotatable bonds is 45. The predicted octanol–water partition coefficient (Wildman–Crippen LogP) is 17.2. The second-order valence-corrected chi connectivity index (χ2v) is 16.3. The molecule has 5 nitrogen and oxygen atoms in total. The van der Waals surface area contributed by atoms with E-state index in [2.05, 4.69) is 118 Å². The quantitative estimate of drug-likeness (QED) is 0.0347. The molecule has 0 bridgehead atoms. The number of hydrogen-bond donors (Lipinski definition) is 0. The van der Waals surface area contributed by atoms with Gasteiger partial charge in [-0.3, -0.25) is 9.59 Å². The van der Waals surface area contributed by atoms with Gasteiger partial charge in [-0.15, -0.1) is 0 Å². The van der Waals surface area contributed by atoms with Crippen LogP contribution in [0.25, 0.3) is 0 Å². The van der Waals surface area contributed by atoms with Crippen molar-refractivity contribution < 1.29 is 23.8 Å². The van der Waals surface area contributed by atoms with E-state index in [0.717, 1.165) is 89.9 Å². The van der Waals surface area contributed by atoms with Crippen molar-refractivity contribution in [2.45, 2.75) is 219 Å². The zero-order chi connectivity index (χ0) is 44.9. The van der Waals surface area contributed by atoms with Gasteiger partial charge in [0.15, 0.2) is 6.10 Å². The molecule has 5 heteroatoms. The SMILES string of the molecule is CC/C=C\C/C=C\C/C=C\C/C=C\C/C=C\CC(=O)OCC(COCCCCCCCC/C=C\C/C=C\CCCCC)OC(=O)CCCCCCC/C=C\C/C=C\CCCCC. The molecule has 0 heterocycles. The van der Waals surface area contributed by atoms with Gasteiger partial charge in [0.2, 0.25) is 0 Å². The Bertz CT molecular complexity index is 1250. The van der Waals surface area contributed by atoms with Gasteiger partial charge >= 0.3 is 11.9 Å². The Morgan fingerprint density at radius 3 is 1.24 bits per heavy atom. The molecular formula is C57H94O5. The fourth-order valence-electron chi connectivity index (χ4n) is 6.52. The van der Waals surface area contributed by atoms with E-state index in [1.807, 2.05) is 12.2 Å². The molecule has 352 valence electrons. The molecule has 1 atom stereocenters. The lowest BCUT2D eigenvalue weighted by molar-refractivity contribution is -0.162. The molecule has 0 fully saturated rings. The fraction of sp³-hybridized carbons (Fsp3) is 0.649. The van der Waals surface area contributed by atoms with E-state index in [-0.39, 0.29) is 31.6 Å². The van der Waals surface area contributed by atoms with Crippen molar-refractivity contribution in [1.82, 2.24) is 0 Å². The Balaban J connectivity index is 4.46. The Hall–Kier alpha value is -3.44. The lowest BCUT2D eigenvalue weighted by Crippen LogP contribution is -2.30. The summed E-state index contributed by atoms with van der Waals surface area (Å²) < 4.78 is 17.3. The standard InChI is InChI=1S/C57H94O5/c1-4-7-10-13-16-19-22-25-28-31-34-37-40-43-46-49-52-60-53-55(62-57(59)51-48-45-42-39-36-33-30-27-24-21-18-15-12-9-6-3)54-61-56(58)50-47-44-41-38-35-32-29-26-23-20-17-14-11-8-5-2/h8,11,16-21,25-30,35,38,44,47,55H,4-7,9-10,12-15,22-24,31-34,36-37,39-43,45-46,48-54H2,1-3H3/b11-8-,19-16-,20-17-,21-18-,28-25-,29-26-,30-27-,38-35-,47-44-. The van der Waals surface area contributed by atoms with Gasteiger partial charge in [0, 0.05) is 13.0 Å². The minimum absolute atomic E-state index is 0.0150. The van der Waals surface area contributed by atoms with Crippen molar-refractivity contribution in [2.75, 3.05) is 19.8 Å². The first kappa shape index (κ1) is 58.6. The molecule has 0 rings (SSSR count). The molecule has 0 N–H and O–H groups in total. The summed E-state index contributed by atoms with van der Waals surface area (Å²) in [5.41, 5.74) is 0. The molecule has 0 amide bonds. The van der Waals surface area contributed by atoms with E-state index in [9.17, 15) is 9.59 Å². The molecular weight excluding hydrogens is 765 g/mol. The average molecular weight is 859 g/mol. The van der Waals surface area contributed by atoms with Crippen LogP contribution >= 0.6 is 0 Å². The zero-order valence-electron chi connectivity index (χ0n) is 40.3. The smallest absolute Gasteiger partial charge is 0.309 e.